The number of ether oxygens (including phenoxy) is 6. The maximum absolute atomic E-state index is 15.1. The number of carbonyl (C=O) groups excluding carboxylic acids is 4. The van der Waals surface area contributed by atoms with E-state index in [9.17, 15) is 9.59 Å². The van der Waals surface area contributed by atoms with Crippen LogP contribution in [0.25, 0.3) is 0 Å². The van der Waals surface area contributed by atoms with Crippen LogP contribution in [0.4, 0.5) is 0 Å². The van der Waals surface area contributed by atoms with Gasteiger partial charge in [-0.2, -0.15) is 0 Å². The zero-order chi connectivity index (χ0) is 48.9. The van der Waals surface area contributed by atoms with Gasteiger partial charge >= 0.3 is 23.9 Å². The molecule has 2 fully saturated rings. The number of rotatable bonds is 36. The molecular weight excluding hydrogens is 861 g/mol. The average molecular weight is 949 g/mol. The van der Waals surface area contributed by atoms with Crippen molar-refractivity contribution in [2.75, 3.05) is 40.6 Å². The molecule has 12 nitrogen and oxygen atoms in total. The van der Waals surface area contributed by atoms with Gasteiger partial charge in [-0.25, -0.2) is 10.0 Å². The molecule has 0 N–H and O–H groups in total. The van der Waals surface area contributed by atoms with Crippen LogP contribution in [-0.2, 0) is 38.1 Å². The summed E-state index contributed by atoms with van der Waals surface area (Å²) in [5, 5.41) is 3.56. The zero-order valence-electron chi connectivity index (χ0n) is 42.9. The number of nitrogens with zero attached hydrogens (tertiary/aromatic N) is 2. The summed E-state index contributed by atoms with van der Waals surface area (Å²) in [6.45, 7) is 9.44. The Morgan fingerprint density at radius 3 is 0.882 bits per heavy atom. The van der Waals surface area contributed by atoms with E-state index in [0.29, 0.717) is 48.3 Å². The zero-order valence-corrected chi connectivity index (χ0v) is 42.9. The summed E-state index contributed by atoms with van der Waals surface area (Å²) < 4.78 is 35.8. The Morgan fingerprint density at radius 2 is 0.618 bits per heavy atom. The molecule has 0 aliphatic carbocycles. The predicted octanol–water partition coefficient (Wildman–Crippen LogP) is 12.6. The van der Waals surface area contributed by atoms with Gasteiger partial charge in [0.05, 0.1) is 52.7 Å². The third-order valence-electron chi connectivity index (χ3n) is 13.7. The molecule has 2 aromatic carbocycles. The lowest BCUT2D eigenvalue weighted by molar-refractivity contribution is -0.163. The molecule has 2 saturated heterocycles. The molecule has 68 heavy (non-hydrogen) atoms. The quantitative estimate of drug-likeness (QED) is 0.0366. The molecule has 2 heterocycles. The first-order chi connectivity index (χ1) is 33.3. The molecule has 12 heteroatoms. The Labute approximate surface area is 409 Å². The lowest BCUT2D eigenvalue weighted by Gasteiger charge is -2.32. The van der Waals surface area contributed by atoms with Crippen molar-refractivity contribution < 1.29 is 47.6 Å². The van der Waals surface area contributed by atoms with Gasteiger partial charge in [0.1, 0.15) is 35.4 Å². The van der Waals surface area contributed by atoms with E-state index in [1.807, 2.05) is 24.3 Å². The number of carbonyl (C=O) groups is 4. The van der Waals surface area contributed by atoms with Crippen LogP contribution < -0.4 is 9.47 Å². The number of hydrazine groups is 1. The molecule has 2 aliphatic rings. The number of benzene rings is 2. The minimum Gasteiger partial charge on any atom is -0.497 e. The molecular formula is C56H88N2O10. The summed E-state index contributed by atoms with van der Waals surface area (Å²) in [6, 6.07) is 10.2. The van der Waals surface area contributed by atoms with Gasteiger partial charge in [0.2, 0.25) is 0 Å². The predicted molar refractivity (Wildman–Crippen MR) is 267 cm³/mol. The Balaban J connectivity index is 1.86. The first-order valence-corrected chi connectivity index (χ1v) is 26.8. The van der Waals surface area contributed by atoms with Crippen LogP contribution >= 0.6 is 0 Å². The highest BCUT2D eigenvalue weighted by Crippen LogP contribution is 2.56. The van der Waals surface area contributed by atoms with Gasteiger partial charge in [0.25, 0.3) is 0 Å². The molecule has 0 unspecified atom stereocenters. The second-order valence-electron chi connectivity index (χ2n) is 18.9. The van der Waals surface area contributed by atoms with Crippen LogP contribution in [0.3, 0.4) is 0 Å². The van der Waals surface area contributed by atoms with Crippen molar-refractivity contribution in [3.05, 3.63) is 59.7 Å². The Hall–Kier alpha value is -4.16. The summed E-state index contributed by atoms with van der Waals surface area (Å²) in [4.78, 5) is 60.1. The van der Waals surface area contributed by atoms with Crippen molar-refractivity contribution >= 4 is 23.9 Å². The molecule has 2 aromatic rings. The van der Waals surface area contributed by atoms with E-state index in [-0.39, 0.29) is 26.4 Å². The highest BCUT2D eigenvalue weighted by molar-refractivity contribution is 5.90. The molecule has 6 atom stereocenters. The van der Waals surface area contributed by atoms with Crippen LogP contribution in [-0.4, -0.2) is 86.6 Å². The second-order valence-corrected chi connectivity index (χ2v) is 18.9. The van der Waals surface area contributed by atoms with E-state index in [0.717, 1.165) is 128 Å². The molecule has 0 amide bonds. The lowest BCUT2D eigenvalue weighted by Crippen LogP contribution is -2.47. The maximum atomic E-state index is 15.1. The molecule has 2 aliphatic heterocycles. The van der Waals surface area contributed by atoms with E-state index < -0.39 is 59.9 Å². The number of fused-ring (bicyclic) bond motifs is 1. The number of methoxy groups -OCH3 is 2. The maximum Gasteiger partial charge on any atom is 0.325 e. The summed E-state index contributed by atoms with van der Waals surface area (Å²) in [6.07, 6.45) is 24.1. The Bertz CT molecular complexity index is 1600. The topological polar surface area (TPSA) is 130 Å². The van der Waals surface area contributed by atoms with E-state index in [1.165, 1.54) is 0 Å². The summed E-state index contributed by atoms with van der Waals surface area (Å²) >= 11 is 0. The Morgan fingerprint density at radius 1 is 0.368 bits per heavy atom. The van der Waals surface area contributed by atoms with Crippen LogP contribution in [0.5, 0.6) is 11.5 Å². The first-order valence-electron chi connectivity index (χ1n) is 26.8. The summed E-state index contributed by atoms with van der Waals surface area (Å²) in [5.74, 6) is -3.44. The molecule has 0 bridgehead atoms. The molecule has 0 spiro atoms. The summed E-state index contributed by atoms with van der Waals surface area (Å²) in [7, 11) is 3.17. The normalized spacial score (nSPS) is 20.2. The number of hydrogen-bond donors (Lipinski definition) is 0. The SMILES string of the molecule is CCCCCCCCOC(=O)[C@@H]1[C@@H](C(=O)OCCCCCCCC)N2[C@H](c3ccc(OC)cc3)[C@H](C(=O)OCCCCCCCC)[C@H](C(=O)OCCCCCCCC)N2[C@@H]1c1ccc(OC)cc1. The van der Waals surface area contributed by atoms with Gasteiger partial charge in [0.15, 0.2) is 0 Å². The minimum atomic E-state index is -1.27. The van der Waals surface area contributed by atoms with Gasteiger partial charge in [0, 0.05) is 0 Å². The van der Waals surface area contributed by atoms with E-state index >= 15 is 9.59 Å². The van der Waals surface area contributed by atoms with Crippen molar-refractivity contribution in [2.45, 2.75) is 206 Å². The molecule has 0 saturated carbocycles. The van der Waals surface area contributed by atoms with Crippen molar-refractivity contribution in [3.63, 3.8) is 0 Å². The van der Waals surface area contributed by atoms with Gasteiger partial charge in [-0.3, -0.25) is 19.2 Å². The van der Waals surface area contributed by atoms with Crippen LogP contribution in [0.1, 0.15) is 205 Å². The fourth-order valence-corrected chi connectivity index (χ4v) is 9.86. The Kier molecular flexibility index (Phi) is 27.1. The monoisotopic (exact) mass is 949 g/mol. The van der Waals surface area contributed by atoms with Gasteiger partial charge in [-0.15, -0.1) is 0 Å². The van der Waals surface area contributed by atoms with Crippen LogP contribution in [0.15, 0.2) is 48.5 Å². The largest absolute Gasteiger partial charge is 0.497 e. The summed E-state index contributed by atoms with van der Waals surface area (Å²) in [5.41, 5.74) is 1.29. The molecule has 0 radical (unpaired) electrons. The minimum absolute atomic E-state index is 0.169. The smallest absolute Gasteiger partial charge is 0.325 e. The van der Waals surface area contributed by atoms with Crippen molar-refractivity contribution in [2.24, 2.45) is 11.8 Å². The van der Waals surface area contributed by atoms with Crippen molar-refractivity contribution in [1.29, 1.82) is 0 Å². The molecule has 4 rings (SSSR count). The lowest BCUT2D eigenvalue weighted by atomic mass is 9.82. The van der Waals surface area contributed by atoms with Gasteiger partial charge < -0.3 is 28.4 Å². The number of esters is 4. The van der Waals surface area contributed by atoms with Crippen LogP contribution in [0.2, 0.25) is 0 Å². The number of hydrogen-bond acceptors (Lipinski definition) is 12. The molecule has 382 valence electrons. The average Bonchev–Trinajstić information content (AvgIpc) is 3.88. The van der Waals surface area contributed by atoms with E-state index in [1.54, 1.807) is 48.5 Å². The fraction of sp³-hybridized carbons (Fsp3) is 0.714. The van der Waals surface area contributed by atoms with E-state index in [2.05, 4.69) is 27.7 Å². The second kappa shape index (κ2) is 32.6. The third-order valence-corrected chi connectivity index (χ3v) is 13.7. The van der Waals surface area contributed by atoms with Gasteiger partial charge in [-0.1, -0.05) is 180 Å². The first kappa shape index (κ1) is 56.4. The van der Waals surface area contributed by atoms with E-state index in [4.69, 9.17) is 28.4 Å². The van der Waals surface area contributed by atoms with Gasteiger partial charge in [-0.05, 0) is 61.1 Å². The standard InChI is InChI=1S/C56H88N2O10/c1-7-11-15-19-23-27-39-65-53(59)47-49(43-31-35-45(63-5)36-32-43)57-52(56(62)68-42-30-26-22-18-14-10-4)48(54(60)66-40-28-24-20-16-12-8-2)50(44-33-37-46(64-6)38-34-44)58(57)51(47)55(61)67-41-29-25-21-17-13-9-3/h31-38,47-52H,7-30,39-42H2,1-6H3/t47-,48-,49+,50+,51-,52+/m0/s1. The molecule has 0 aromatic heterocycles. The highest BCUT2D eigenvalue weighted by atomic mass is 16.6. The van der Waals surface area contributed by atoms with Crippen LogP contribution in [0, 0.1) is 11.8 Å². The third kappa shape index (κ3) is 17.1. The number of unbranched alkanes of at least 4 members (excludes halogenated alkanes) is 20. The van der Waals surface area contributed by atoms with Crippen molar-refractivity contribution in [1.82, 2.24) is 10.0 Å². The fourth-order valence-electron chi connectivity index (χ4n) is 9.86. The van der Waals surface area contributed by atoms with Crippen molar-refractivity contribution in [3.8, 4) is 11.5 Å². The highest BCUT2D eigenvalue weighted by Gasteiger charge is 2.69.